The largest absolute Gasteiger partial charge is 0.310 e. The SMILES string of the molecule is CC1CCCCCC1N1CCC(NC2CC2)C1. The smallest absolute Gasteiger partial charge is 0.0209 e. The number of nitrogens with zero attached hydrogens (tertiary/aromatic N) is 1. The zero-order valence-electron chi connectivity index (χ0n) is 11.3. The van der Waals surface area contributed by atoms with Crippen molar-refractivity contribution in [1.82, 2.24) is 10.2 Å². The third kappa shape index (κ3) is 3.03. The monoisotopic (exact) mass is 236 g/mol. The molecule has 17 heavy (non-hydrogen) atoms. The van der Waals surface area contributed by atoms with Crippen molar-refractivity contribution in [2.24, 2.45) is 5.92 Å². The Morgan fingerprint density at radius 2 is 1.71 bits per heavy atom. The van der Waals surface area contributed by atoms with E-state index in [1.807, 2.05) is 0 Å². The molecule has 0 radical (unpaired) electrons. The van der Waals surface area contributed by atoms with Crippen molar-refractivity contribution in [3.8, 4) is 0 Å². The Kier molecular flexibility index (Phi) is 3.72. The Morgan fingerprint density at radius 1 is 0.882 bits per heavy atom. The number of likely N-dealkylation sites (tertiary alicyclic amines) is 1. The van der Waals surface area contributed by atoms with Gasteiger partial charge in [-0.15, -0.1) is 0 Å². The molecule has 1 heterocycles. The van der Waals surface area contributed by atoms with Crippen LogP contribution in [-0.4, -0.2) is 36.1 Å². The Morgan fingerprint density at radius 3 is 2.53 bits per heavy atom. The maximum atomic E-state index is 3.81. The molecular formula is C15H28N2. The van der Waals surface area contributed by atoms with E-state index in [9.17, 15) is 0 Å². The van der Waals surface area contributed by atoms with Crippen molar-refractivity contribution >= 4 is 0 Å². The molecule has 2 saturated carbocycles. The lowest BCUT2D eigenvalue weighted by Crippen LogP contribution is -2.40. The maximum absolute atomic E-state index is 3.81. The van der Waals surface area contributed by atoms with Crippen LogP contribution in [0.5, 0.6) is 0 Å². The molecule has 98 valence electrons. The summed E-state index contributed by atoms with van der Waals surface area (Å²) >= 11 is 0. The molecular weight excluding hydrogens is 208 g/mol. The van der Waals surface area contributed by atoms with Crippen molar-refractivity contribution in [2.75, 3.05) is 13.1 Å². The lowest BCUT2D eigenvalue weighted by molar-refractivity contribution is 0.169. The predicted molar refractivity (Wildman–Crippen MR) is 72.2 cm³/mol. The van der Waals surface area contributed by atoms with Crippen molar-refractivity contribution in [2.45, 2.75) is 76.4 Å². The first-order valence-electron chi connectivity index (χ1n) is 7.83. The van der Waals surface area contributed by atoms with Gasteiger partial charge in [0.15, 0.2) is 0 Å². The second-order valence-electron chi connectivity index (χ2n) is 6.60. The summed E-state index contributed by atoms with van der Waals surface area (Å²) < 4.78 is 0. The third-order valence-electron chi connectivity index (χ3n) is 5.05. The Balaban J connectivity index is 1.52. The average Bonchev–Trinajstić information content (AvgIpc) is 3.05. The topological polar surface area (TPSA) is 15.3 Å². The van der Waals surface area contributed by atoms with Gasteiger partial charge in [0.25, 0.3) is 0 Å². The van der Waals surface area contributed by atoms with E-state index in [1.54, 1.807) is 0 Å². The second-order valence-corrected chi connectivity index (χ2v) is 6.60. The van der Waals surface area contributed by atoms with Crippen LogP contribution in [0.15, 0.2) is 0 Å². The van der Waals surface area contributed by atoms with Gasteiger partial charge < -0.3 is 5.32 Å². The average molecular weight is 236 g/mol. The lowest BCUT2D eigenvalue weighted by Gasteiger charge is -2.31. The van der Waals surface area contributed by atoms with Gasteiger partial charge in [-0.25, -0.2) is 0 Å². The summed E-state index contributed by atoms with van der Waals surface area (Å²) in [4.78, 5) is 2.80. The summed E-state index contributed by atoms with van der Waals surface area (Å²) in [5.41, 5.74) is 0. The maximum Gasteiger partial charge on any atom is 0.0209 e. The first-order chi connectivity index (χ1) is 8.33. The molecule has 1 aliphatic heterocycles. The van der Waals surface area contributed by atoms with E-state index < -0.39 is 0 Å². The minimum absolute atomic E-state index is 0.804. The van der Waals surface area contributed by atoms with Crippen LogP contribution in [0.3, 0.4) is 0 Å². The Hall–Kier alpha value is -0.0800. The van der Waals surface area contributed by atoms with Gasteiger partial charge in [-0.2, -0.15) is 0 Å². The normalized spacial score (nSPS) is 40.4. The summed E-state index contributed by atoms with van der Waals surface area (Å²) in [5.74, 6) is 0.928. The first-order valence-corrected chi connectivity index (χ1v) is 7.83. The molecule has 0 bridgehead atoms. The van der Waals surface area contributed by atoms with Crippen LogP contribution in [0, 0.1) is 5.92 Å². The third-order valence-corrected chi connectivity index (χ3v) is 5.05. The van der Waals surface area contributed by atoms with E-state index in [-0.39, 0.29) is 0 Å². The quantitative estimate of drug-likeness (QED) is 0.758. The fourth-order valence-electron chi connectivity index (χ4n) is 3.82. The molecule has 3 fully saturated rings. The zero-order chi connectivity index (χ0) is 11.7. The fourth-order valence-corrected chi connectivity index (χ4v) is 3.82. The van der Waals surface area contributed by atoms with E-state index in [4.69, 9.17) is 0 Å². The highest BCUT2D eigenvalue weighted by molar-refractivity contribution is 4.92. The summed E-state index contributed by atoms with van der Waals surface area (Å²) in [7, 11) is 0. The van der Waals surface area contributed by atoms with Crippen molar-refractivity contribution in [3.63, 3.8) is 0 Å². The highest BCUT2D eigenvalue weighted by atomic mass is 15.2. The van der Waals surface area contributed by atoms with E-state index in [1.165, 1.54) is 64.5 Å². The standard InChI is InChI=1S/C15H28N2/c1-12-5-3-2-4-6-15(12)17-10-9-14(11-17)16-13-7-8-13/h12-16H,2-11H2,1H3. The molecule has 0 aromatic heterocycles. The van der Waals surface area contributed by atoms with Gasteiger partial charge in [0.1, 0.15) is 0 Å². The van der Waals surface area contributed by atoms with Crippen molar-refractivity contribution < 1.29 is 0 Å². The molecule has 3 aliphatic rings. The molecule has 0 amide bonds. The Labute approximate surface area is 106 Å². The number of hydrogen-bond donors (Lipinski definition) is 1. The molecule has 0 aromatic rings. The second kappa shape index (κ2) is 5.27. The fraction of sp³-hybridized carbons (Fsp3) is 1.00. The van der Waals surface area contributed by atoms with Gasteiger partial charge in [0.05, 0.1) is 0 Å². The summed E-state index contributed by atoms with van der Waals surface area (Å²) in [5, 5.41) is 3.81. The number of hydrogen-bond acceptors (Lipinski definition) is 2. The van der Waals surface area contributed by atoms with Gasteiger partial charge >= 0.3 is 0 Å². The van der Waals surface area contributed by atoms with Crippen LogP contribution in [0.4, 0.5) is 0 Å². The Bertz CT molecular complexity index is 249. The van der Waals surface area contributed by atoms with Crippen molar-refractivity contribution in [1.29, 1.82) is 0 Å². The van der Waals surface area contributed by atoms with Gasteiger partial charge in [0, 0.05) is 31.2 Å². The molecule has 0 aromatic carbocycles. The molecule has 2 aliphatic carbocycles. The number of nitrogens with one attached hydrogen (secondary N) is 1. The van der Waals surface area contributed by atoms with Gasteiger partial charge in [-0.05, 0) is 38.0 Å². The minimum atomic E-state index is 0.804. The van der Waals surface area contributed by atoms with Crippen molar-refractivity contribution in [3.05, 3.63) is 0 Å². The predicted octanol–water partition coefficient (Wildman–Crippen LogP) is 2.78. The van der Waals surface area contributed by atoms with Crippen LogP contribution >= 0.6 is 0 Å². The van der Waals surface area contributed by atoms with Crippen LogP contribution in [0.1, 0.15) is 58.3 Å². The number of rotatable bonds is 3. The van der Waals surface area contributed by atoms with E-state index >= 15 is 0 Å². The van der Waals surface area contributed by atoms with Gasteiger partial charge in [0.2, 0.25) is 0 Å². The molecule has 1 N–H and O–H groups in total. The molecule has 2 nitrogen and oxygen atoms in total. The molecule has 0 spiro atoms. The van der Waals surface area contributed by atoms with Crippen LogP contribution in [0.2, 0.25) is 0 Å². The molecule has 3 unspecified atom stereocenters. The van der Waals surface area contributed by atoms with E-state index in [2.05, 4.69) is 17.1 Å². The molecule has 1 saturated heterocycles. The van der Waals surface area contributed by atoms with Crippen LogP contribution in [-0.2, 0) is 0 Å². The zero-order valence-corrected chi connectivity index (χ0v) is 11.3. The first kappa shape index (κ1) is 12.0. The van der Waals surface area contributed by atoms with E-state index in [0.717, 1.165) is 24.0 Å². The highest BCUT2D eigenvalue weighted by Gasteiger charge is 2.34. The van der Waals surface area contributed by atoms with Gasteiger partial charge in [-0.1, -0.05) is 26.2 Å². The molecule has 2 heteroatoms. The van der Waals surface area contributed by atoms with Crippen LogP contribution in [0.25, 0.3) is 0 Å². The minimum Gasteiger partial charge on any atom is -0.310 e. The van der Waals surface area contributed by atoms with Gasteiger partial charge in [-0.3, -0.25) is 4.90 Å². The van der Waals surface area contributed by atoms with Crippen LogP contribution < -0.4 is 5.32 Å². The summed E-state index contributed by atoms with van der Waals surface area (Å²) in [6, 6.07) is 2.58. The summed E-state index contributed by atoms with van der Waals surface area (Å²) in [6.07, 6.45) is 11.6. The molecule has 3 rings (SSSR count). The lowest BCUT2D eigenvalue weighted by atomic mass is 9.96. The summed E-state index contributed by atoms with van der Waals surface area (Å²) in [6.45, 7) is 5.16. The van der Waals surface area contributed by atoms with E-state index in [0.29, 0.717) is 0 Å². The highest BCUT2D eigenvalue weighted by Crippen LogP contribution is 2.30. The molecule has 3 atom stereocenters.